The van der Waals surface area contributed by atoms with Gasteiger partial charge in [-0.15, -0.1) is 5.10 Å². The molecule has 0 spiro atoms. The number of hydrogen-bond acceptors (Lipinski definition) is 8. The minimum Gasteiger partial charge on any atom is -0.366 e. The maximum atomic E-state index is 13.5. The van der Waals surface area contributed by atoms with Gasteiger partial charge in [0.25, 0.3) is 0 Å². The van der Waals surface area contributed by atoms with Crippen LogP contribution in [0, 0.1) is 11.6 Å². The minimum absolute atomic E-state index is 0. The molecule has 0 saturated heterocycles. The molecule has 6 aromatic rings. The van der Waals surface area contributed by atoms with E-state index in [0.29, 0.717) is 36.3 Å². The highest BCUT2D eigenvalue weighted by Crippen LogP contribution is 2.14. The Hall–Kier alpha value is -5.65. The first-order valence-corrected chi connectivity index (χ1v) is 12.4. The number of hydrogen-bond donors (Lipinski definition) is 3. The summed E-state index contributed by atoms with van der Waals surface area (Å²) >= 11 is 0. The third kappa shape index (κ3) is 8.95. The van der Waals surface area contributed by atoms with Crippen molar-refractivity contribution in [1.29, 1.82) is 0 Å². The van der Waals surface area contributed by atoms with Crippen molar-refractivity contribution in [2.45, 2.75) is 20.3 Å². The molecule has 2 aromatic carbocycles. The summed E-state index contributed by atoms with van der Waals surface area (Å²) in [7, 11) is 0. The molecule has 0 aliphatic rings. The third-order valence-electron chi connectivity index (χ3n) is 5.51. The number of aromatic amines is 2. The highest BCUT2D eigenvalue weighted by atomic mass is 19.1. The number of nitrogen functional groups attached to an aromatic ring is 1. The fourth-order valence-corrected chi connectivity index (χ4v) is 3.46. The molecule has 0 fully saturated rings. The standard InChI is InChI=1S/C15H13FN4.C7H5FO.C7H7N5.CH4/c16-13-6-2-1-4-11(13)7-8-14-18-15(20-19-14)12-5-3-9-17-10-12;8-7-4-2-1-3-6(7)5-9;8-7-10-6(11-12-7)5-2-1-3-9-4-5;/h1-6,9-10H,7-8H2,(H,18,19,20);1-5H;1-4H,(H3,8,10,11,12);1H4. The molecule has 0 aliphatic heterocycles. The Morgan fingerprint density at radius 1 is 0.738 bits per heavy atom. The number of aldehydes is 1. The van der Waals surface area contributed by atoms with Crippen LogP contribution in [0.15, 0.2) is 97.6 Å². The molecule has 0 atom stereocenters. The van der Waals surface area contributed by atoms with Gasteiger partial charge in [0.05, 0.1) is 5.56 Å². The monoisotopic (exact) mass is 569 g/mol. The van der Waals surface area contributed by atoms with Crippen LogP contribution in [0.25, 0.3) is 22.8 Å². The molecule has 0 aliphatic carbocycles. The van der Waals surface area contributed by atoms with Crippen molar-refractivity contribution in [3.8, 4) is 22.8 Å². The maximum Gasteiger partial charge on any atom is 0.239 e. The van der Waals surface area contributed by atoms with E-state index in [2.05, 4.69) is 40.3 Å². The molecule has 0 bridgehead atoms. The van der Waals surface area contributed by atoms with E-state index >= 15 is 0 Å². The van der Waals surface area contributed by atoms with Gasteiger partial charge < -0.3 is 5.73 Å². The fraction of sp³-hybridized carbons (Fsp3) is 0.100. The van der Waals surface area contributed by atoms with Crippen LogP contribution in [-0.2, 0) is 12.8 Å². The van der Waals surface area contributed by atoms with Gasteiger partial charge in [0.1, 0.15) is 17.5 Å². The number of nitrogens with one attached hydrogen (secondary N) is 2. The average Bonchev–Trinajstić information content (AvgIpc) is 3.68. The van der Waals surface area contributed by atoms with Crippen molar-refractivity contribution in [1.82, 2.24) is 40.3 Å². The predicted octanol–water partition coefficient (Wildman–Crippen LogP) is 5.51. The largest absolute Gasteiger partial charge is 0.366 e. The molecular weight excluding hydrogens is 540 g/mol. The van der Waals surface area contributed by atoms with Crippen LogP contribution in [0.2, 0.25) is 0 Å². The lowest BCUT2D eigenvalue weighted by Gasteiger charge is -2.00. The molecule has 42 heavy (non-hydrogen) atoms. The highest BCUT2D eigenvalue weighted by molar-refractivity contribution is 5.74. The van der Waals surface area contributed by atoms with Crippen molar-refractivity contribution in [3.05, 3.63) is 126 Å². The van der Waals surface area contributed by atoms with E-state index in [1.807, 2.05) is 30.3 Å². The van der Waals surface area contributed by atoms with Gasteiger partial charge in [0, 0.05) is 42.3 Å². The van der Waals surface area contributed by atoms with Crippen molar-refractivity contribution in [2.75, 3.05) is 5.73 Å². The van der Waals surface area contributed by atoms with Crippen LogP contribution in [-0.4, -0.2) is 46.6 Å². The minimum atomic E-state index is -0.465. The first kappa shape index (κ1) is 30.9. The summed E-state index contributed by atoms with van der Waals surface area (Å²) in [6, 6.07) is 20.1. The van der Waals surface area contributed by atoms with Gasteiger partial charge >= 0.3 is 0 Å². The average molecular weight is 570 g/mol. The first-order valence-electron chi connectivity index (χ1n) is 12.4. The number of carbonyl (C=O) groups is 1. The van der Waals surface area contributed by atoms with Crippen molar-refractivity contribution >= 4 is 12.2 Å². The summed E-state index contributed by atoms with van der Waals surface area (Å²) in [5.41, 5.74) is 7.88. The predicted molar refractivity (Wildman–Crippen MR) is 156 cm³/mol. The second-order valence-electron chi connectivity index (χ2n) is 8.36. The zero-order valence-electron chi connectivity index (χ0n) is 21.7. The summed E-state index contributed by atoms with van der Waals surface area (Å²) in [4.78, 5) is 26.3. The summed E-state index contributed by atoms with van der Waals surface area (Å²) in [6.45, 7) is 0. The van der Waals surface area contributed by atoms with E-state index in [-0.39, 0.29) is 24.8 Å². The number of halogens is 2. The van der Waals surface area contributed by atoms with E-state index in [0.717, 1.165) is 17.0 Å². The van der Waals surface area contributed by atoms with E-state index in [1.165, 1.54) is 18.2 Å². The van der Waals surface area contributed by atoms with Crippen LogP contribution in [0.4, 0.5) is 14.7 Å². The molecule has 0 saturated carbocycles. The molecule has 4 aromatic heterocycles. The molecule has 214 valence electrons. The van der Waals surface area contributed by atoms with Crippen LogP contribution in [0.1, 0.15) is 29.2 Å². The number of rotatable bonds is 6. The summed E-state index contributed by atoms with van der Waals surface area (Å²) in [5, 5.41) is 13.4. The second-order valence-corrected chi connectivity index (χ2v) is 8.36. The Balaban J connectivity index is 0.000000188. The number of aryl methyl sites for hydroxylation is 2. The number of nitrogens with zero attached hydrogens (tertiary/aromatic N) is 6. The molecule has 6 rings (SSSR count). The Bertz CT molecular complexity index is 1660. The van der Waals surface area contributed by atoms with Crippen LogP contribution in [0.3, 0.4) is 0 Å². The van der Waals surface area contributed by atoms with Gasteiger partial charge in [0.2, 0.25) is 5.95 Å². The van der Waals surface area contributed by atoms with Crippen molar-refractivity contribution in [3.63, 3.8) is 0 Å². The van der Waals surface area contributed by atoms with E-state index in [4.69, 9.17) is 5.73 Å². The Kier molecular flexibility index (Phi) is 11.6. The first-order chi connectivity index (χ1) is 20.0. The summed E-state index contributed by atoms with van der Waals surface area (Å²) < 4.78 is 25.9. The number of pyridine rings is 2. The van der Waals surface area contributed by atoms with Gasteiger partial charge in [-0.1, -0.05) is 37.8 Å². The van der Waals surface area contributed by atoms with Crippen LogP contribution in [0.5, 0.6) is 0 Å². The molecule has 4 N–H and O–H groups in total. The Morgan fingerprint density at radius 2 is 1.40 bits per heavy atom. The van der Waals surface area contributed by atoms with Gasteiger partial charge in [-0.3, -0.25) is 25.0 Å². The molecule has 4 heterocycles. The van der Waals surface area contributed by atoms with Crippen LogP contribution >= 0.6 is 0 Å². The molecule has 0 radical (unpaired) electrons. The van der Waals surface area contributed by atoms with E-state index in [1.54, 1.807) is 49.1 Å². The fourth-order valence-electron chi connectivity index (χ4n) is 3.46. The molecule has 0 unspecified atom stereocenters. The lowest BCUT2D eigenvalue weighted by atomic mass is 10.1. The van der Waals surface area contributed by atoms with Gasteiger partial charge in [0.15, 0.2) is 17.9 Å². The summed E-state index contributed by atoms with van der Waals surface area (Å²) in [6.07, 6.45) is 8.51. The molecule has 10 nitrogen and oxygen atoms in total. The Labute approximate surface area is 241 Å². The third-order valence-corrected chi connectivity index (χ3v) is 5.51. The number of carbonyl (C=O) groups excluding carboxylic acids is 1. The summed E-state index contributed by atoms with van der Waals surface area (Å²) in [5.74, 6) is 1.59. The molecular formula is C30H29F2N9O. The van der Waals surface area contributed by atoms with Crippen LogP contribution < -0.4 is 5.73 Å². The highest BCUT2D eigenvalue weighted by Gasteiger charge is 2.07. The normalized spacial score (nSPS) is 9.86. The molecule has 12 heteroatoms. The topological polar surface area (TPSA) is 152 Å². The van der Waals surface area contributed by atoms with E-state index in [9.17, 15) is 13.6 Å². The second kappa shape index (κ2) is 15.8. The lowest BCUT2D eigenvalue weighted by Crippen LogP contribution is -1.96. The molecule has 0 amide bonds. The lowest BCUT2D eigenvalue weighted by molar-refractivity contribution is 0.112. The van der Waals surface area contributed by atoms with Gasteiger partial charge in [-0.2, -0.15) is 10.1 Å². The number of nitrogens with two attached hydrogens (primary N) is 1. The van der Waals surface area contributed by atoms with Crippen molar-refractivity contribution in [2.24, 2.45) is 0 Å². The SMILES string of the molecule is C.Fc1ccccc1CCc1nc(-c2cccnc2)n[nH]1.Nc1n[nH]c(-c2cccnc2)n1.O=Cc1ccccc1F. The number of benzene rings is 2. The quantitative estimate of drug-likeness (QED) is 0.222. The Morgan fingerprint density at radius 3 is 1.98 bits per heavy atom. The van der Waals surface area contributed by atoms with Crippen molar-refractivity contribution < 1.29 is 13.6 Å². The zero-order valence-corrected chi connectivity index (χ0v) is 21.7. The number of anilines is 1. The number of aromatic nitrogens is 8. The van der Waals surface area contributed by atoms with Gasteiger partial charge in [-0.25, -0.2) is 13.8 Å². The number of H-pyrrole nitrogens is 2. The van der Waals surface area contributed by atoms with E-state index < -0.39 is 5.82 Å². The van der Waals surface area contributed by atoms with Gasteiger partial charge in [-0.05, 0) is 54.4 Å². The maximum absolute atomic E-state index is 13.5. The zero-order chi connectivity index (χ0) is 28.9. The smallest absolute Gasteiger partial charge is 0.239 e.